The van der Waals surface area contributed by atoms with E-state index in [0.717, 1.165) is 0 Å². The lowest BCUT2D eigenvalue weighted by Crippen LogP contribution is -2.45. The topological polar surface area (TPSA) is 76.1 Å². The van der Waals surface area contributed by atoms with Gasteiger partial charge in [0, 0.05) is 23.2 Å². The van der Waals surface area contributed by atoms with E-state index in [9.17, 15) is 14.7 Å². The number of benzene rings is 2. The molecular weight excluding hydrogens is 382 g/mol. The summed E-state index contributed by atoms with van der Waals surface area (Å²) in [6, 6.07) is 10.8. The lowest BCUT2D eigenvalue weighted by atomic mass is 10.0. The highest BCUT2D eigenvalue weighted by Gasteiger charge is 2.42. The summed E-state index contributed by atoms with van der Waals surface area (Å²) in [5, 5.41) is 10.5. The third-order valence-electron chi connectivity index (χ3n) is 4.75. The van der Waals surface area contributed by atoms with E-state index in [-0.39, 0.29) is 12.5 Å². The number of carboxylic acids is 1. The predicted octanol–water partition coefficient (Wildman–Crippen LogP) is 3.92. The van der Waals surface area contributed by atoms with E-state index in [2.05, 4.69) is 0 Å². The Bertz CT molecular complexity index is 898. The Kier molecular flexibility index (Phi) is 5.79. The van der Waals surface area contributed by atoms with Gasteiger partial charge in [0.2, 0.25) is 0 Å². The van der Waals surface area contributed by atoms with Crippen LogP contribution in [0.3, 0.4) is 0 Å². The van der Waals surface area contributed by atoms with Crippen molar-refractivity contribution in [2.24, 2.45) is 5.92 Å². The van der Waals surface area contributed by atoms with Crippen LogP contribution in [-0.2, 0) is 16.1 Å². The summed E-state index contributed by atoms with van der Waals surface area (Å²) in [5.74, 6) is -0.831. The summed E-state index contributed by atoms with van der Waals surface area (Å²) < 4.78 is 11.2. The zero-order valence-electron chi connectivity index (χ0n) is 15.9. The molecule has 1 N–H and O–H groups in total. The molecule has 1 aliphatic heterocycles. The number of carbonyl (C=O) groups is 2. The number of amides is 1. The van der Waals surface area contributed by atoms with Gasteiger partial charge in [-0.3, -0.25) is 4.79 Å². The molecule has 2 aromatic rings. The van der Waals surface area contributed by atoms with Gasteiger partial charge in [-0.2, -0.15) is 0 Å². The van der Waals surface area contributed by atoms with Crippen molar-refractivity contribution in [2.75, 3.05) is 7.11 Å². The van der Waals surface area contributed by atoms with Crippen LogP contribution >= 0.6 is 11.6 Å². The molecule has 0 bridgehead atoms. The Balaban J connectivity index is 2.14. The van der Waals surface area contributed by atoms with Gasteiger partial charge in [0.05, 0.1) is 7.11 Å². The smallest absolute Gasteiger partial charge is 0.331 e. The minimum absolute atomic E-state index is 0.0630. The first-order valence-corrected chi connectivity index (χ1v) is 9.32. The maximum Gasteiger partial charge on any atom is 0.331 e. The molecule has 3 rings (SSSR count). The lowest BCUT2D eigenvalue weighted by Gasteiger charge is -2.30. The van der Waals surface area contributed by atoms with E-state index in [1.54, 1.807) is 42.5 Å². The van der Waals surface area contributed by atoms with Crippen molar-refractivity contribution >= 4 is 23.5 Å². The summed E-state index contributed by atoms with van der Waals surface area (Å²) in [7, 11) is 1.52. The van der Waals surface area contributed by atoms with Crippen LogP contribution in [0.25, 0.3) is 0 Å². The van der Waals surface area contributed by atoms with Gasteiger partial charge >= 0.3 is 5.97 Å². The summed E-state index contributed by atoms with van der Waals surface area (Å²) in [4.78, 5) is 26.8. The molecule has 1 amide bonds. The van der Waals surface area contributed by atoms with Crippen LogP contribution in [0, 0.1) is 5.92 Å². The third-order valence-corrected chi connectivity index (χ3v) is 5.11. The van der Waals surface area contributed by atoms with E-state index in [0.29, 0.717) is 27.6 Å². The maximum atomic E-state index is 13.3. The van der Waals surface area contributed by atoms with Gasteiger partial charge in [-0.15, -0.1) is 0 Å². The predicted molar refractivity (Wildman–Crippen MR) is 105 cm³/mol. The first kappa shape index (κ1) is 20.0. The van der Waals surface area contributed by atoms with Gasteiger partial charge in [0.1, 0.15) is 11.5 Å². The van der Waals surface area contributed by atoms with Crippen molar-refractivity contribution < 1.29 is 24.2 Å². The molecule has 0 aromatic heterocycles. The molecule has 1 aliphatic rings. The quantitative estimate of drug-likeness (QED) is 0.818. The summed E-state index contributed by atoms with van der Waals surface area (Å²) in [6.07, 6.45) is -0.822. The van der Waals surface area contributed by atoms with Gasteiger partial charge in [-0.1, -0.05) is 43.6 Å². The van der Waals surface area contributed by atoms with Crippen LogP contribution in [0.1, 0.15) is 31.0 Å². The minimum Gasteiger partial charge on any atom is -0.497 e. The molecule has 1 heterocycles. The SMILES string of the molecule is COc1ccc2c(c1)OC(C(C)C)C(=O)N(Cc1ccccc1Cl)C2C(=O)O. The van der Waals surface area contributed by atoms with Crippen LogP contribution in [0.2, 0.25) is 5.02 Å². The first-order valence-electron chi connectivity index (χ1n) is 8.94. The molecule has 0 radical (unpaired) electrons. The van der Waals surface area contributed by atoms with Gasteiger partial charge in [0.15, 0.2) is 12.1 Å². The number of rotatable bonds is 5. The van der Waals surface area contributed by atoms with Crippen molar-refractivity contribution in [1.29, 1.82) is 0 Å². The molecule has 0 saturated carbocycles. The average molecular weight is 404 g/mol. The molecule has 7 heteroatoms. The summed E-state index contributed by atoms with van der Waals surface area (Å²) >= 11 is 6.26. The summed E-state index contributed by atoms with van der Waals surface area (Å²) in [6.45, 7) is 3.78. The fourth-order valence-electron chi connectivity index (χ4n) is 3.28. The Morgan fingerprint density at radius 3 is 2.61 bits per heavy atom. The fraction of sp³-hybridized carbons (Fsp3) is 0.333. The average Bonchev–Trinajstić information content (AvgIpc) is 2.78. The van der Waals surface area contributed by atoms with Gasteiger partial charge in [0.25, 0.3) is 5.91 Å². The van der Waals surface area contributed by atoms with E-state index in [1.165, 1.54) is 12.0 Å². The van der Waals surface area contributed by atoms with Crippen LogP contribution in [0.5, 0.6) is 11.5 Å². The van der Waals surface area contributed by atoms with E-state index in [4.69, 9.17) is 21.1 Å². The van der Waals surface area contributed by atoms with E-state index < -0.39 is 24.0 Å². The number of ether oxygens (including phenoxy) is 2. The first-order chi connectivity index (χ1) is 13.3. The molecule has 2 atom stereocenters. The molecule has 6 nitrogen and oxygen atoms in total. The lowest BCUT2D eigenvalue weighted by molar-refractivity contribution is -0.154. The van der Waals surface area contributed by atoms with Gasteiger partial charge < -0.3 is 19.5 Å². The molecular formula is C21H22ClNO5. The van der Waals surface area contributed by atoms with E-state index in [1.807, 2.05) is 13.8 Å². The van der Waals surface area contributed by atoms with Crippen LogP contribution in [-0.4, -0.2) is 35.1 Å². The second-order valence-corrected chi connectivity index (χ2v) is 7.39. The number of aliphatic carboxylic acids is 1. The van der Waals surface area contributed by atoms with Crippen molar-refractivity contribution in [2.45, 2.75) is 32.5 Å². The number of hydrogen-bond donors (Lipinski definition) is 1. The van der Waals surface area contributed by atoms with Crippen molar-refractivity contribution in [3.8, 4) is 11.5 Å². The Labute approximate surface area is 168 Å². The monoisotopic (exact) mass is 403 g/mol. The molecule has 2 unspecified atom stereocenters. The third kappa shape index (κ3) is 3.78. The number of hydrogen-bond acceptors (Lipinski definition) is 4. The molecule has 0 fully saturated rings. The number of nitrogens with zero attached hydrogens (tertiary/aromatic N) is 1. The van der Waals surface area contributed by atoms with Gasteiger partial charge in [-0.05, 0) is 29.7 Å². The van der Waals surface area contributed by atoms with Crippen molar-refractivity contribution in [1.82, 2.24) is 4.90 Å². The normalized spacial score (nSPS) is 19.0. The zero-order valence-corrected chi connectivity index (χ0v) is 16.6. The number of methoxy groups -OCH3 is 1. The maximum absolute atomic E-state index is 13.3. The molecule has 0 spiro atoms. The standard InChI is InChI=1S/C21H22ClNO5/c1-12(2)19-20(24)23(11-13-6-4-5-7-16(13)22)18(21(25)26)15-9-8-14(27-3)10-17(15)28-19/h4-10,12,18-19H,11H2,1-3H3,(H,25,26). The highest BCUT2D eigenvalue weighted by atomic mass is 35.5. The molecule has 148 valence electrons. The molecule has 28 heavy (non-hydrogen) atoms. The van der Waals surface area contributed by atoms with Crippen molar-refractivity contribution in [3.63, 3.8) is 0 Å². The molecule has 0 saturated heterocycles. The van der Waals surface area contributed by atoms with Crippen LogP contribution in [0.4, 0.5) is 0 Å². The second kappa shape index (κ2) is 8.10. The zero-order chi connectivity index (χ0) is 20.4. The Hall–Kier alpha value is -2.73. The highest BCUT2D eigenvalue weighted by molar-refractivity contribution is 6.31. The number of carbonyl (C=O) groups excluding carboxylic acids is 1. The second-order valence-electron chi connectivity index (χ2n) is 6.98. The molecule has 0 aliphatic carbocycles. The number of halogens is 1. The van der Waals surface area contributed by atoms with Crippen LogP contribution in [0.15, 0.2) is 42.5 Å². The Morgan fingerprint density at radius 2 is 2.00 bits per heavy atom. The van der Waals surface area contributed by atoms with E-state index >= 15 is 0 Å². The number of carboxylic acid groups (broad SMARTS) is 1. The van der Waals surface area contributed by atoms with Crippen LogP contribution < -0.4 is 9.47 Å². The summed E-state index contributed by atoms with van der Waals surface area (Å²) in [5.41, 5.74) is 1.07. The molecule has 2 aromatic carbocycles. The van der Waals surface area contributed by atoms with Crippen molar-refractivity contribution in [3.05, 3.63) is 58.6 Å². The highest BCUT2D eigenvalue weighted by Crippen LogP contribution is 2.39. The fourth-order valence-corrected chi connectivity index (χ4v) is 3.48. The minimum atomic E-state index is -1.20. The van der Waals surface area contributed by atoms with Gasteiger partial charge in [-0.25, -0.2) is 4.79 Å². The Morgan fingerprint density at radius 1 is 1.29 bits per heavy atom. The largest absolute Gasteiger partial charge is 0.497 e. The number of fused-ring (bicyclic) bond motifs is 1.